The molecule has 1 saturated heterocycles. The summed E-state index contributed by atoms with van der Waals surface area (Å²) < 4.78 is 0. The molecule has 0 bridgehead atoms. The number of hydrogen-bond donors (Lipinski definition) is 1. The van der Waals surface area contributed by atoms with E-state index in [0.717, 1.165) is 32.1 Å². The molecule has 1 aromatic carbocycles. The van der Waals surface area contributed by atoms with Crippen molar-refractivity contribution < 1.29 is 0 Å². The minimum Gasteiger partial charge on any atom is -0.369 e. The Kier molecular flexibility index (Phi) is 3.29. The molecule has 1 aromatic rings. The number of hydrogen-bond acceptors (Lipinski definition) is 2. The molecule has 18 heavy (non-hydrogen) atoms. The van der Waals surface area contributed by atoms with Crippen molar-refractivity contribution in [1.82, 2.24) is 5.32 Å². The first-order valence-corrected chi connectivity index (χ1v) is 7.35. The molecular formula is C16H24N2. The molecule has 0 unspecified atom stereocenters. The summed E-state index contributed by atoms with van der Waals surface area (Å²) in [4.78, 5) is 2.56. The van der Waals surface area contributed by atoms with Gasteiger partial charge in [-0.15, -0.1) is 0 Å². The molecule has 0 spiro atoms. The monoisotopic (exact) mass is 244 g/mol. The third kappa shape index (κ3) is 2.39. The molecule has 0 aromatic heterocycles. The summed E-state index contributed by atoms with van der Waals surface area (Å²) in [7, 11) is 0. The quantitative estimate of drug-likeness (QED) is 0.879. The standard InChI is InChI=1S/C16H24N2/c1-12(2)14-5-6-16(15(11-14)13-3-4-13)18-9-7-17-8-10-18/h5-6,11-13,17H,3-4,7-10H2,1-2H3. The van der Waals surface area contributed by atoms with Gasteiger partial charge in [-0.2, -0.15) is 0 Å². The van der Waals surface area contributed by atoms with E-state index in [2.05, 4.69) is 42.3 Å². The van der Waals surface area contributed by atoms with E-state index < -0.39 is 0 Å². The summed E-state index contributed by atoms with van der Waals surface area (Å²) in [5.74, 6) is 1.48. The van der Waals surface area contributed by atoms with Crippen LogP contribution in [0.3, 0.4) is 0 Å². The van der Waals surface area contributed by atoms with Gasteiger partial charge in [-0.1, -0.05) is 26.0 Å². The topological polar surface area (TPSA) is 15.3 Å². The van der Waals surface area contributed by atoms with Gasteiger partial charge < -0.3 is 10.2 Å². The van der Waals surface area contributed by atoms with E-state index in [1.165, 1.54) is 24.1 Å². The lowest BCUT2D eigenvalue weighted by molar-refractivity contribution is 0.587. The zero-order valence-electron chi connectivity index (χ0n) is 11.6. The number of benzene rings is 1. The fourth-order valence-corrected chi connectivity index (χ4v) is 2.85. The van der Waals surface area contributed by atoms with E-state index in [9.17, 15) is 0 Å². The molecule has 2 fully saturated rings. The fourth-order valence-electron chi connectivity index (χ4n) is 2.85. The van der Waals surface area contributed by atoms with Gasteiger partial charge >= 0.3 is 0 Å². The van der Waals surface area contributed by atoms with Gasteiger partial charge in [-0.25, -0.2) is 0 Å². The highest BCUT2D eigenvalue weighted by molar-refractivity contribution is 5.58. The predicted octanol–water partition coefficient (Wildman–Crippen LogP) is 3.10. The molecule has 0 atom stereocenters. The van der Waals surface area contributed by atoms with Gasteiger partial charge in [0.25, 0.3) is 0 Å². The van der Waals surface area contributed by atoms with Crippen molar-refractivity contribution in [3.63, 3.8) is 0 Å². The minimum atomic E-state index is 0.638. The van der Waals surface area contributed by atoms with E-state index in [-0.39, 0.29) is 0 Å². The number of nitrogens with one attached hydrogen (secondary N) is 1. The molecule has 1 N–H and O–H groups in total. The Morgan fingerprint density at radius 1 is 1.17 bits per heavy atom. The minimum absolute atomic E-state index is 0.638. The third-order valence-electron chi connectivity index (χ3n) is 4.19. The number of piperazine rings is 1. The van der Waals surface area contributed by atoms with Crippen LogP contribution in [0.1, 0.15) is 49.7 Å². The van der Waals surface area contributed by atoms with Gasteiger partial charge in [0.2, 0.25) is 0 Å². The normalized spacial score (nSPS) is 20.5. The highest BCUT2D eigenvalue weighted by atomic mass is 15.2. The van der Waals surface area contributed by atoms with Crippen molar-refractivity contribution in [2.45, 2.75) is 38.5 Å². The summed E-state index contributed by atoms with van der Waals surface area (Å²) >= 11 is 0. The van der Waals surface area contributed by atoms with E-state index >= 15 is 0 Å². The lowest BCUT2D eigenvalue weighted by Crippen LogP contribution is -2.43. The molecule has 2 heteroatoms. The Morgan fingerprint density at radius 3 is 2.50 bits per heavy atom. The van der Waals surface area contributed by atoms with E-state index in [1.54, 1.807) is 5.56 Å². The lowest BCUT2D eigenvalue weighted by atomic mass is 9.97. The lowest BCUT2D eigenvalue weighted by Gasteiger charge is -2.31. The number of anilines is 1. The Morgan fingerprint density at radius 2 is 1.89 bits per heavy atom. The van der Waals surface area contributed by atoms with Crippen LogP contribution in [0.4, 0.5) is 5.69 Å². The second-order valence-corrected chi connectivity index (χ2v) is 5.98. The molecule has 98 valence electrons. The maximum atomic E-state index is 3.44. The zero-order chi connectivity index (χ0) is 12.5. The second-order valence-electron chi connectivity index (χ2n) is 5.98. The number of nitrogens with zero attached hydrogens (tertiary/aromatic N) is 1. The van der Waals surface area contributed by atoms with Crippen LogP contribution in [0.5, 0.6) is 0 Å². The van der Waals surface area contributed by atoms with E-state index in [0.29, 0.717) is 5.92 Å². The van der Waals surface area contributed by atoms with E-state index in [1.807, 2.05) is 0 Å². The van der Waals surface area contributed by atoms with Crippen molar-refractivity contribution >= 4 is 5.69 Å². The van der Waals surface area contributed by atoms with Crippen molar-refractivity contribution in [3.8, 4) is 0 Å². The smallest absolute Gasteiger partial charge is 0.0402 e. The van der Waals surface area contributed by atoms with Crippen molar-refractivity contribution in [2.75, 3.05) is 31.1 Å². The highest BCUT2D eigenvalue weighted by Crippen LogP contribution is 2.45. The van der Waals surface area contributed by atoms with Crippen molar-refractivity contribution in [3.05, 3.63) is 29.3 Å². The maximum absolute atomic E-state index is 3.44. The SMILES string of the molecule is CC(C)c1ccc(N2CCNCC2)c(C2CC2)c1. The largest absolute Gasteiger partial charge is 0.369 e. The molecule has 0 amide bonds. The van der Waals surface area contributed by atoms with Gasteiger partial charge in [0.05, 0.1) is 0 Å². The summed E-state index contributed by atoms with van der Waals surface area (Å²) in [6.45, 7) is 9.13. The summed E-state index contributed by atoms with van der Waals surface area (Å²) in [5.41, 5.74) is 4.61. The molecule has 2 aliphatic rings. The van der Waals surface area contributed by atoms with Crippen LogP contribution >= 0.6 is 0 Å². The summed E-state index contributed by atoms with van der Waals surface area (Å²) in [5, 5.41) is 3.44. The average molecular weight is 244 g/mol. The van der Waals surface area contributed by atoms with Gasteiger partial charge in [0.15, 0.2) is 0 Å². The van der Waals surface area contributed by atoms with Crippen LogP contribution < -0.4 is 10.2 Å². The van der Waals surface area contributed by atoms with Crippen molar-refractivity contribution in [2.24, 2.45) is 0 Å². The van der Waals surface area contributed by atoms with Gasteiger partial charge in [-0.3, -0.25) is 0 Å². The van der Waals surface area contributed by atoms with Crippen LogP contribution in [0, 0.1) is 0 Å². The Labute approximate surface area is 110 Å². The molecule has 1 aliphatic heterocycles. The van der Waals surface area contributed by atoms with Gasteiger partial charge in [-0.05, 0) is 41.9 Å². The highest BCUT2D eigenvalue weighted by Gasteiger charge is 2.28. The molecule has 1 saturated carbocycles. The third-order valence-corrected chi connectivity index (χ3v) is 4.19. The van der Waals surface area contributed by atoms with Crippen LogP contribution in [0.15, 0.2) is 18.2 Å². The van der Waals surface area contributed by atoms with Crippen LogP contribution in [-0.2, 0) is 0 Å². The molecular weight excluding hydrogens is 220 g/mol. The van der Waals surface area contributed by atoms with Crippen LogP contribution in [-0.4, -0.2) is 26.2 Å². The van der Waals surface area contributed by atoms with Crippen molar-refractivity contribution in [1.29, 1.82) is 0 Å². The van der Waals surface area contributed by atoms with Crippen LogP contribution in [0.2, 0.25) is 0 Å². The summed E-state index contributed by atoms with van der Waals surface area (Å²) in [6, 6.07) is 7.17. The molecule has 0 radical (unpaired) electrons. The van der Waals surface area contributed by atoms with Crippen LogP contribution in [0.25, 0.3) is 0 Å². The van der Waals surface area contributed by atoms with Gasteiger partial charge in [0.1, 0.15) is 0 Å². The first-order chi connectivity index (χ1) is 8.75. The second kappa shape index (κ2) is 4.93. The first kappa shape index (κ1) is 12.0. The molecule has 3 rings (SSSR count). The molecule has 1 heterocycles. The predicted molar refractivity (Wildman–Crippen MR) is 77.6 cm³/mol. The maximum Gasteiger partial charge on any atom is 0.0402 e. The number of rotatable bonds is 3. The Hall–Kier alpha value is -1.02. The summed E-state index contributed by atoms with van der Waals surface area (Å²) in [6.07, 6.45) is 2.78. The Bertz CT molecular complexity index is 415. The zero-order valence-corrected chi connectivity index (χ0v) is 11.6. The first-order valence-electron chi connectivity index (χ1n) is 7.35. The molecule has 2 nitrogen and oxygen atoms in total. The van der Waals surface area contributed by atoms with Gasteiger partial charge in [0, 0.05) is 31.9 Å². The Balaban J connectivity index is 1.92. The molecule has 1 aliphatic carbocycles. The fraction of sp³-hybridized carbons (Fsp3) is 0.625. The van der Waals surface area contributed by atoms with E-state index in [4.69, 9.17) is 0 Å². The average Bonchev–Trinajstić information content (AvgIpc) is 3.23.